The molecule has 0 saturated carbocycles. The molecule has 2 aromatic carbocycles. The zero-order valence-corrected chi connectivity index (χ0v) is 14.6. The molecule has 3 rings (SSSR count). The number of hydrogen-bond donors (Lipinski definition) is 1. The predicted molar refractivity (Wildman–Crippen MR) is 95.5 cm³/mol. The van der Waals surface area contributed by atoms with Gasteiger partial charge in [-0.25, -0.2) is 8.78 Å². The van der Waals surface area contributed by atoms with Gasteiger partial charge < -0.3 is 10.0 Å². The summed E-state index contributed by atoms with van der Waals surface area (Å²) >= 11 is 0. The fraction of sp³-hybridized carbons (Fsp3) is 0.381. The van der Waals surface area contributed by atoms with Crippen molar-refractivity contribution < 1.29 is 18.7 Å². The molecule has 3 nitrogen and oxygen atoms in total. The summed E-state index contributed by atoms with van der Waals surface area (Å²) in [7, 11) is 0. The van der Waals surface area contributed by atoms with Crippen LogP contribution >= 0.6 is 0 Å². The van der Waals surface area contributed by atoms with Gasteiger partial charge in [-0.3, -0.25) is 4.79 Å². The third-order valence-electron chi connectivity index (χ3n) is 5.08. The average Bonchev–Trinajstić information content (AvgIpc) is 2.65. The third kappa shape index (κ3) is 4.67. The summed E-state index contributed by atoms with van der Waals surface area (Å²) in [5, 5.41) is 10.5. The number of nitrogens with zero attached hydrogens (tertiary/aromatic N) is 1. The van der Waals surface area contributed by atoms with E-state index in [1.807, 2.05) is 30.3 Å². The number of benzene rings is 2. The molecule has 1 aliphatic heterocycles. The van der Waals surface area contributed by atoms with Crippen LogP contribution in [-0.4, -0.2) is 35.1 Å². The number of rotatable bonds is 5. The SMILES string of the molecule is O=C(Cc1ccc(F)cc1F)N1CCC(C(O)Cc2ccccc2)CC1. The number of carbonyl (C=O) groups excluding carboxylic acids is 1. The minimum atomic E-state index is -0.688. The third-order valence-corrected chi connectivity index (χ3v) is 5.08. The number of aliphatic hydroxyl groups excluding tert-OH is 1. The van der Waals surface area contributed by atoms with Gasteiger partial charge >= 0.3 is 0 Å². The number of amides is 1. The Kier molecular flexibility index (Phi) is 5.99. The second-order valence-corrected chi connectivity index (χ2v) is 6.89. The van der Waals surface area contributed by atoms with Gasteiger partial charge in [-0.2, -0.15) is 0 Å². The molecule has 1 aliphatic rings. The van der Waals surface area contributed by atoms with Crippen LogP contribution in [0.2, 0.25) is 0 Å². The molecular formula is C21H23F2NO2. The topological polar surface area (TPSA) is 40.5 Å². The lowest BCUT2D eigenvalue weighted by molar-refractivity contribution is -0.132. The number of carbonyl (C=O) groups is 1. The van der Waals surface area contributed by atoms with Crippen molar-refractivity contribution in [1.82, 2.24) is 4.90 Å². The van der Waals surface area contributed by atoms with Gasteiger partial charge in [0.15, 0.2) is 0 Å². The van der Waals surface area contributed by atoms with E-state index in [4.69, 9.17) is 0 Å². The zero-order chi connectivity index (χ0) is 18.5. The van der Waals surface area contributed by atoms with E-state index in [2.05, 4.69) is 0 Å². The second kappa shape index (κ2) is 8.41. The molecule has 0 spiro atoms. The first kappa shape index (κ1) is 18.5. The van der Waals surface area contributed by atoms with E-state index < -0.39 is 17.7 Å². The Morgan fingerprint density at radius 2 is 1.81 bits per heavy atom. The van der Waals surface area contributed by atoms with Gasteiger partial charge in [0.1, 0.15) is 11.6 Å². The fourth-order valence-corrected chi connectivity index (χ4v) is 3.50. The molecule has 1 heterocycles. The molecule has 1 fully saturated rings. The van der Waals surface area contributed by atoms with E-state index in [0.717, 1.165) is 30.5 Å². The Bertz CT molecular complexity index is 743. The molecule has 1 N–H and O–H groups in total. The highest BCUT2D eigenvalue weighted by Crippen LogP contribution is 2.24. The Morgan fingerprint density at radius 1 is 1.12 bits per heavy atom. The minimum absolute atomic E-state index is 0.0661. The first-order valence-corrected chi connectivity index (χ1v) is 8.96. The summed E-state index contributed by atoms with van der Waals surface area (Å²) in [6.45, 7) is 1.11. The molecule has 5 heteroatoms. The number of piperidine rings is 1. The molecule has 0 aromatic heterocycles. The van der Waals surface area contributed by atoms with Gasteiger partial charge in [0.25, 0.3) is 0 Å². The van der Waals surface area contributed by atoms with E-state index >= 15 is 0 Å². The first-order valence-electron chi connectivity index (χ1n) is 8.96. The van der Waals surface area contributed by atoms with Gasteiger partial charge in [0, 0.05) is 19.2 Å². The van der Waals surface area contributed by atoms with Crippen molar-refractivity contribution >= 4 is 5.91 Å². The molecule has 138 valence electrons. The smallest absolute Gasteiger partial charge is 0.227 e. The largest absolute Gasteiger partial charge is 0.392 e. The van der Waals surface area contributed by atoms with Crippen LogP contribution in [0, 0.1) is 17.6 Å². The number of halogens is 2. The van der Waals surface area contributed by atoms with E-state index in [-0.39, 0.29) is 23.8 Å². The van der Waals surface area contributed by atoms with Crippen molar-refractivity contribution in [2.75, 3.05) is 13.1 Å². The molecule has 1 atom stereocenters. The lowest BCUT2D eigenvalue weighted by Gasteiger charge is -2.34. The van der Waals surface area contributed by atoms with Crippen molar-refractivity contribution in [3.05, 3.63) is 71.3 Å². The van der Waals surface area contributed by atoms with Crippen molar-refractivity contribution in [2.45, 2.75) is 31.8 Å². The fourth-order valence-electron chi connectivity index (χ4n) is 3.50. The van der Waals surface area contributed by atoms with E-state index in [1.165, 1.54) is 6.07 Å². The highest BCUT2D eigenvalue weighted by atomic mass is 19.1. The average molecular weight is 359 g/mol. The zero-order valence-electron chi connectivity index (χ0n) is 14.6. The second-order valence-electron chi connectivity index (χ2n) is 6.89. The summed E-state index contributed by atoms with van der Waals surface area (Å²) < 4.78 is 26.7. The maximum atomic E-state index is 13.7. The van der Waals surface area contributed by atoms with Crippen LogP contribution in [0.5, 0.6) is 0 Å². The monoisotopic (exact) mass is 359 g/mol. The van der Waals surface area contributed by atoms with E-state index in [0.29, 0.717) is 19.5 Å². The van der Waals surface area contributed by atoms with Gasteiger partial charge in [-0.15, -0.1) is 0 Å². The van der Waals surface area contributed by atoms with Crippen LogP contribution in [0.4, 0.5) is 8.78 Å². The van der Waals surface area contributed by atoms with Crippen LogP contribution in [0.15, 0.2) is 48.5 Å². The maximum absolute atomic E-state index is 13.7. The number of hydrogen-bond acceptors (Lipinski definition) is 2. The van der Waals surface area contributed by atoms with Crippen molar-refractivity contribution in [2.24, 2.45) is 5.92 Å². The summed E-state index contributed by atoms with van der Waals surface area (Å²) in [5.74, 6) is -1.34. The van der Waals surface area contributed by atoms with Gasteiger partial charge in [-0.05, 0) is 42.4 Å². The van der Waals surface area contributed by atoms with Crippen LogP contribution in [-0.2, 0) is 17.6 Å². The quantitative estimate of drug-likeness (QED) is 0.889. The summed E-state index contributed by atoms with van der Waals surface area (Å²) in [6, 6.07) is 13.1. The molecule has 0 bridgehead atoms. The lowest BCUT2D eigenvalue weighted by Crippen LogP contribution is -2.42. The minimum Gasteiger partial charge on any atom is -0.392 e. The van der Waals surface area contributed by atoms with Crippen LogP contribution in [0.1, 0.15) is 24.0 Å². The predicted octanol–water partition coefficient (Wildman–Crippen LogP) is 3.35. The highest BCUT2D eigenvalue weighted by Gasteiger charge is 2.27. The number of aliphatic hydroxyl groups is 1. The van der Waals surface area contributed by atoms with Crippen LogP contribution in [0.3, 0.4) is 0 Å². The molecular weight excluding hydrogens is 336 g/mol. The normalized spacial score (nSPS) is 16.5. The lowest BCUT2D eigenvalue weighted by atomic mass is 9.88. The molecule has 26 heavy (non-hydrogen) atoms. The van der Waals surface area contributed by atoms with Gasteiger partial charge in [0.2, 0.25) is 5.91 Å². The number of likely N-dealkylation sites (tertiary alicyclic amines) is 1. The Hall–Kier alpha value is -2.27. The first-order chi connectivity index (χ1) is 12.5. The summed E-state index contributed by atoms with van der Waals surface area (Å²) in [5.41, 5.74) is 1.31. The van der Waals surface area contributed by atoms with Crippen LogP contribution < -0.4 is 0 Å². The standard InChI is InChI=1S/C21H23F2NO2/c22-18-7-6-17(19(23)14-18)13-21(26)24-10-8-16(9-11-24)20(25)12-15-4-2-1-3-5-15/h1-7,14,16,20,25H,8-13H2. The van der Waals surface area contributed by atoms with E-state index in [1.54, 1.807) is 4.90 Å². The van der Waals surface area contributed by atoms with Crippen molar-refractivity contribution in [3.8, 4) is 0 Å². The molecule has 1 unspecified atom stereocenters. The molecule has 2 aromatic rings. The van der Waals surface area contributed by atoms with Gasteiger partial charge in [0.05, 0.1) is 12.5 Å². The summed E-state index contributed by atoms with van der Waals surface area (Å²) in [6.07, 6.45) is 1.57. The van der Waals surface area contributed by atoms with Crippen molar-refractivity contribution in [3.63, 3.8) is 0 Å². The van der Waals surface area contributed by atoms with Crippen LogP contribution in [0.25, 0.3) is 0 Å². The Morgan fingerprint density at radius 3 is 2.46 bits per heavy atom. The molecule has 0 radical (unpaired) electrons. The Labute approximate surface area is 152 Å². The van der Waals surface area contributed by atoms with Crippen molar-refractivity contribution in [1.29, 1.82) is 0 Å². The van der Waals surface area contributed by atoms with Gasteiger partial charge in [-0.1, -0.05) is 36.4 Å². The summed E-state index contributed by atoms with van der Waals surface area (Å²) in [4.78, 5) is 14.1. The Balaban J connectivity index is 1.50. The highest BCUT2D eigenvalue weighted by molar-refractivity contribution is 5.78. The molecule has 1 amide bonds. The molecule has 1 saturated heterocycles. The molecule has 0 aliphatic carbocycles. The van der Waals surface area contributed by atoms with E-state index in [9.17, 15) is 18.7 Å². The maximum Gasteiger partial charge on any atom is 0.227 e.